The van der Waals surface area contributed by atoms with E-state index in [2.05, 4.69) is 36.7 Å². The van der Waals surface area contributed by atoms with Gasteiger partial charge in [-0.2, -0.15) is 0 Å². The zero-order valence-corrected chi connectivity index (χ0v) is 9.11. The third-order valence-electron chi connectivity index (χ3n) is 1.89. The highest BCUT2D eigenvalue weighted by Crippen LogP contribution is 2.44. The molecule has 0 fully saturated rings. The molecule has 2 heteroatoms. The lowest BCUT2D eigenvalue weighted by atomic mass is 10.2. The SMILES string of the molecule is CCc1cncc(S(C)(C)C)c1. The first kappa shape index (κ1) is 9.59. The van der Waals surface area contributed by atoms with Gasteiger partial charge in [0.2, 0.25) is 0 Å². The van der Waals surface area contributed by atoms with Crippen LogP contribution in [0.4, 0.5) is 0 Å². The van der Waals surface area contributed by atoms with Crippen molar-refractivity contribution in [1.82, 2.24) is 4.98 Å². The van der Waals surface area contributed by atoms with Crippen molar-refractivity contribution < 1.29 is 0 Å². The maximum Gasteiger partial charge on any atom is 0.0388 e. The number of nitrogens with zero attached hydrogens (tertiary/aromatic N) is 1. The van der Waals surface area contributed by atoms with E-state index in [-0.39, 0.29) is 0 Å². The summed E-state index contributed by atoms with van der Waals surface area (Å²) in [5, 5.41) is 0. The molecule has 1 nitrogen and oxygen atoms in total. The second kappa shape index (κ2) is 3.48. The van der Waals surface area contributed by atoms with Gasteiger partial charge in [0.1, 0.15) is 0 Å². The largest absolute Gasteiger partial charge is 0.263 e. The zero-order valence-electron chi connectivity index (χ0n) is 8.29. The molecule has 0 spiro atoms. The van der Waals surface area contributed by atoms with Crippen LogP contribution in [0, 0.1) is 0 Å². The van der Waals surface area contributed by atoms with Crippen LogP contribution in [0.15, 0.2) is 23.4 Å². The Morgan fingerprint density at radius 1 is 1.25 bits per heavy atom. The van der Waals surface area contributed by atoms with E-state index in [1.807, 2.05) is 12.4 Å². The molecule has 0 bridgehead atoms. The number of hydrogen-bond acceptors (Lipinski definition) is 1. The molecule has 0 amide bonds. The lowest BCUT2D eigenvalue weighted by molar-refractivity contribution is 1.07. The van der Waals surface area contributed by atoms with Gasteiger partial charge >= 0.3 is 0 Å². The molecule has 0 N–H and O–H groups in total. The minimum atomic E-state index is -0.598. The van der Waals surface area contributed by atoms with Gasteiger partial charge in [-0.15, -0.1) is 0 Å². The molecule has 12 heavy (non-hydrogen) atoms. The standard InChI is InChI=1S/C10H17NS/c1-5-9-6-10(8-11-7-9)12(2,3)4/h6-8H,5H2,1-4H3. The van der Waals surface area contributed by atoms with E-state index in [1.54, 1.807) is 0 Å². The van der Waals surface area contributed by atoms with Gasteiger partial charge in [0, 0.05) is 17.3 Å². The summed E-state index contributed by atoms with van der Waals surface area (Å²) in [4.78, 5) is 5.65. The highest BCUT2D eigenvalue weighted by Gasteiger charge is 2.07. The van der Waals surface area contributed by atoms with E-state index < -0.39 is 10.0 Å². The summed E-state index contributed by atoms with van der Waals surface area (Å²) in [6.07, 6.45) is 11.9. The Morgan fingerprint density at radius 2 is 1.92 bits per heavy atom. The molecule has 1 aromatic rings. The van der Waals surface area contributed by atoms with Crippen molar-refractivity contribution in [1.29, 1.82) is 0 Å². The molecule has 0 aliphatic carbocycles. The molecule has 0 radical (unpaired) electrons. The lowest BCUT2D eigenvalue weighted by Crippen LogP contribution is -1.95. The summed E-state index contributed by atoms with van der Waals surface area (Å²) in [6, 6.07) is 2.28. The van der Waals surface area contributed by atoms with Crippen LogP contribution in [-0.4, -0.2) is 23.8 Å². The highest BCUT2D eigenvalue weighted by molar-refractivity contribution is 8.32. The molecule has 0 aliphatic heterocycles. The van der Waals surface area contributed by atoms with E-state index in [1.165, 1.54) is 10.5 Å². The number of rotatable bonds is 2. The maximum atomic E-state index is 4.24. The molecule has 0 saturated carbocycles. The predicted octanol–water partition coefficient (Wildman–Crippen LogP) is 2.70. The normalized spacial score (nSPS) is 13.0. The lowest BCUT2D eigenvalue weighted by Gasteiger charge is -2.25. The Bertz CT molecular complexity index is 263. The molecular formula is C10H17NS. The molecule has 0 saturated heterocycles. The molecule has 0 aliphatic rings. The van der Waals surface area contributed by atoms with Crippen LogP contribution in [0.2, 0.25) is 0 Å². The van der Waals surface area contributed by atoms with Gasteiger partial charge in [-0.1, -0.05) is 6.92 Å². The summed E-state index contributed by atoms with van der Waals surface area (Å²) in [5.74, 6) is 0. The third kappa shape index (κ3) is 2.24. The first-order chi connectivity index (χ1) is 5.54. The minimum Gasteiger partial charge on any atom is -0.263 e. The summed E-state index contributed by atoms with van der Waals surface area (Å²) < 4.78 is 0. The van der Waals surface area contributed by atoms with Gasteiger partial charge in [0.05, 0.1) is 0 Å². The van der Waals surface area contributed by atoms with Crippen LogP contribution in [0.5, 0.6) is 0 Å². The number of aromatic nitrogens is 1. The second-order valence-electron chi connectivity index (χ2n) is 3.72. The second-order valence-corrected chi connectivity index (χ2v) is 7.87. The predicted molar refractivity (Wildman–Crippen MR) is 57.2 cm³/mol. The topological polar surface area (TPSA) is 12.9 Å². The molecule has 0 atom stereocenters. The summed E-state index contributed by atoms with van der Waals surface area (Å²) in [7, 11) is -0.598. The van der Waals surface area contributed by atoms with Gasteiger partial charge < -0.3 is 0 Å². The summed E-state index contributed by atoms with van der Waals surface area (Å²) in [5.41, 5.74) is 1.34. The fraction of sp³-hybridized carbons (Fsp3) is 0.500. The minimum absolute atomic E-state index is 0.598. The Morgan fingerprint density at radius 3 is 2.42 bits per heavy atom. The molecular weight excluding hydrogens is 166 g/mol. The molecule has 1 rings (SSSR count). The quantitative estimate of drug-likeness (QED) is 0.687. The third-order valence-corrected chi connectivity index (χ3v) is 3.52. The van der Waals surface area contributed by atoms with Crippen molar-refractivity contribution in [3.63, 3.8) is 0 Å². The van der Waals surface area contributed by atoms with Crippen LogP contribution >= 0.6 is 10.0 Å². The fourth-order valence-electron chi connectivity index (χ4n) is 0.992. The molecule has 1 aromatic heterocycles. The molecule has 1 heterocycles. The van der Waals surface area contributed by atoms with Crippen molar-refractivity contribution >= 4 is 10.0 Å². The first-order valence-electron chi connectivity index (χ1n) is 4.16. The first-order valence-corrected chi connectivity index (χ1v) is 7.02. The Hall–Kier alpha value is -0.500. The van der Waals surface area contributed by atoms with Crippen LogP contribution in [0.1, 0.15) is 12.5 Å². The van der Waals surface area contributed by atoms with Gasteiger partial charge in [-0.25, -0.2) is 10.0 Å². The molecule has 68 valence electrons. The van der Waals surface area contributed by atoms with Crippen LogP contribution in [-0.2, 0) is 6.42 Å². The van der Waals surface area contributed by atoms with Crippen molar-refractivity contribution in [2.75, 3.05) is 18.8 Å². The molecule has 0 unspecified atom stereocenters. The average Bonchev–Trinajstić information content (AvgIpc) is 2.03. The van der Waals surface area contributed by atoms with E-state index >= 15 is 0 Å². The van der Waals surface area contributed by atoms with Crippen molar-refractivity contribution in [3.8, 4) is 0 Å². The number of pyridine rings is 1. The van der Waals surface area contributed by atoms with E-state index in [4.69, 9.17) is 0 Å². The van der Waals surface area contributed by atoms with Crippen molar-refractivity contribution in [2.45, 2.75) is 18.2 Å². The Balaban J connectivity index is 3.02. The van der Waals surface area contributed by atoms with Crippen LogP contribution < -0.4 is 0 Å². The molecule has 0 aromatic carbocycles. The summed E-state index contributed by atoms with van der Waals surface area (Å²) in [6.45, 7) is 2.17. The van der Waals surface area contributed by atoms with Crippen LogP contribution in [0.3, 0.4) is 0 Å². The van der Waals surface area contributed by atoms with Gasteiger partial charge in [0.25, 0.3) is 0 Å². The van der Waals surface area contributed by atoms with Gasteiger partial charge in [-0.05, 0) is 36.8 Å². The van der Waals surface area contributed by atoms with Gasteiger partial charge in [0.15, 0.2) is 0 Å². The van der Waals surface area contributed by atoms with Crippen molar-refractivity contribution in [3.05, 3.63) is 24.0 Å². The average molecular weight is 183 g/mol. The number of hydrogen-bond donors (Lipinski definition) is 0. The van der Waals surface area contributed by atoms with E-state index in [9.17, 15) is 0 Å². The zero-order chi connectivity index (χ0) is 9.19. The smallest absolute Gasteiger partial charge is 0.0388 e. The highest BCUT2D eigenvalue weighted by atomic mass is 32.3. The number of aryl methyl sites for hydroxylation is 1. The fourth-order valence-corrected chi connectivity index (χ4v) is 1.87. The van der Waals surface area contributed by atoms with E-state index in [0.29, 0.717) is 0 Å². The van der Waals surface area contributed by atoms with E-state index in [0.717, 1.165) is 6.42 Å². The van der Waals surface area contributed by atoms with Gasteiger partial charge in [-0.3, -0.25) is 4.98 Å². The Kier molecular flexibility index (Phi) is 2.78. The van der Waals surface area contributed by atoms with Crippen molar-refractivity contribution in [2.24, 2.45) is 0 Å². The summed E-state index contributed by atoms with van der Waals surface area (Å²) >= 11 is 0. The monoisotopic (exact) mass is 183 g/mol. The van der Waals surface area contributed by atoms with Crippen LogP contribution in [0.25, 0.3) is 0 Å². The Labute approximate surface area is 76.5 Å². The maximum absolute atomic E-state index is 4.24.